The molecule has 0 saturated carbocycles. The fraction of sp³-hybridized carbons (Fsp3) is 0.893. The number of quaternary nitrogens is 2. The molecule has 0 amide bonds. The number of halogens is 1. The van der Waals surface area contributed by atoms with E-state index in [9.17, 15) is 9.90 Å². The zero-order valence-electron chi connectivity index (χ0n) is 23.4. The Morgan fingerprint density at radius 2 is 0.848 bits per heavy atom. The van der Waals surface area contributed by atoms with Crippen LogP contribution in [0.4, 0.5) is 0 Å². The maximum atomic E-state index is 10.3. The molecular formula is C28H59ClN2O2. The van der Waals surface area contributed by atoms with E-state index in [0.29, 0.717) is 0 Å². The molecular weight excluding hydrogens is 432 g/mol. The third kappa shape index (κ3) is 65.2. The maximum absolute atomic E-state index is 10.3. The van der Waals surface area contributed by atoms with Crippen molar-refractivity contribution < 1.29 is 32.1 Å². The van der Waals surface area contributed by atoms with E-state index in [1.165, 1.54) is 86.8 Å². The minimum atomic E-state index is -0.912. The van der Waals surface area contributed by atoms with Crippen molar-refractivity contribution >= 4 is 5.97 Å². The second-order valence-corrected chi connectivity index (χ2v) is 9.93. The molecule has 0 aliphatic rings. The molecule has 33 heavy (non-hydrogen) atoms. The summed E-state index contributed by atoms with van der Waals surface area (Å²) in [5, 5.41) is 10.3. The van der Waals surface area contributed by atoms with E-state index in [4.69, 9.17) is 0 Å². The highest BCUT2D eigenvalue weighted by atomic mass is 35.5. The first-order chi connectivity index (χ1) is 15.2. The normalized spacial score (nSPS) is 9.73. The van der Waals surface area contributed by atoms with Crippen molar-refractivity contribution in [2.45, 2.75) is 122 Å². The van der Waals surface area contributed by atoms with Gasteiger partial charge in [-0.25, -0.2) is 0 Å². The zero-order valence-corrected chi connectivity index (χ0v) is 24.2. The lowest BCUT2D eigenvalue weighted by atomic mass is 10.1. The van der Waals surface area contributed by atoms with E-state index in [1.807, 2.05) is 0 Å². The summed E-state index contributed by atoms with van der Waals surface area (Å²) in [6.45, 7) is 2.26. The second-order valence-electron chi connectivity index (χ2n) is 9.93. The number of hydrogen-bond acceptors (Lipinski definition) is 2. The number of unbranched alkanes of at least 4 members (excludes halogenated alkanes) is 15. The molecule has 4 nitrogen and oxygen atoms in total. The molecule has 0 aromatic carbocycles. The van der Waals surface area contributed by atoms with Gasteiger partial charge >= 0.3 is 0 Å². The molecule has 0 unspecified atom stereocenters. The Labute approximate surface area is 214 Å². The minimum Gasteiger partial charge on any atom is -1.00 e. The van der Waals surface area contributed by atoms with E-state index in [0.717, 1.165) is 32.1 Å². The quantitative estimate of drug-likeness (QED) is 0.228. The van der Waals surface area contributed by atoms with Gasteiger partial charge in [0.15, 0.2) is 0 Å². The molecule has 0 radical (unpaired) electrons. The molecule has 0 heterocycles. The first kappa shape index (κ1) is 39.5. The molecule has 0 fully saturated rings. The van der Waals surface area contributed by atoms with Gasteiger partial charge in [-0.05, 0) is 25.7 Å². The van der Waals surface area contributed by atoms with Crippen LogP contribution in [0.5, 0.6) is 0 Å². The van der Waals surface area contributed by atoms with Gasteiger partial charge < -0.3 is 32.1 Å². The monoisotopic (exact) mass is 490 g/mol. The topological polar surface area (TPSA) is 49.0 Å². The highest BCUT2D eigenvalue weighted by Gasteiger charge is 1.93. The molecule has 0 spiro atoms. The molecule has 0 bridgehead atoms. The van der Waals surface area contributed by atoms with Gasteiger partial charge in [-0.2, -0.15) is 0 Å². The van der Waals surface area contributed by atoms with Gasteiger partial charge in [0, 0.05) is 18.8 Å². The molecule has 0 saturated heterocycles. The third-order valence-corrected chi connectivity index (χ3v) is 4.46. The fourth-order valence-electron chi connectivity index (χ4n) is 2.89. The van der Waals surface area contributed by atoms with Crippen molar-refractivity contribution in [3.63, 3.8) is 0 Å². The SMILES string of the molecule is CCCCCCCCC#CCCCCCCCCCCCC(=O)[O-].C[NH+](C)C.C[NH+](C)C.[Cl-]. The zero-order chi connectivity index (χ0) is 24.9. The summed E-state index contributed by atoms with van der Waals surface area (Å²) in [5.74, 6) is 5.73. The summed E-state index contributed by atoms with van der Waals surface area (Å²) in [4.78, 5) is 13.1. The lowest BCUT2D eigenvalue weighted by Gasteiger charge is -2.02. The largest absolute Gasteiger partial charge is 1.00 e. The van der Waals surface area contributed by atoms with Gasteiger partial charge in [-0.1, -0.05) is 84.0 Å². The Morgan fingerprint density at radius 1 is 0.576 bits per heavy atom. The van der Waals surface area contributed by atoms with Crippen molar-refractivity contribution in [2.24, 2.45) is 0 Å². The van der Waals surface area contributed by atoms with Crippen LogP contribution in [-0.4, -0.2) is 48.3 Å². The Balaban J connectivity index is -0.000000401. The first-order valence-electron chi connectivity index (χ1n) is 13.4. The molecule has 0 aromatic rings. The molecule has 5 heteroatoms. The van der Waals surface area contributed by atoms with Crippen molar-refractivity contribution in [3.8, 4) is 11.8 Å². The van der Waals surface area contributed by atoms with Crippen molar-refractivity contribution in [1.82, 2.24) is 0 Å². The first-order valence-corrected chi connectivity index (χ1v) is 13.4. The molecule has 200 valence electrons. The maximum Gasteiger partial charge on any atom is 0.0661 e. The standard InChI is InChI=1S/C22H40O2.2C3H9N.ClH/c1-2-3-4-5-6-7-8-9-10-11-12-13-14-15-16-17-18-19-20-21-22(23)24;2*1-4(2)3;/h2-8,11-21H2,1H3,(H,23,24);2*1-3H3;1H. The molecule has 0 aliphatic carbocycles. The Bertz CT molecular complexity index is 406. The van der Waals surface area contributed by atoms with Crippen LogP contribution in [0.25, 0.3) is 0 Å². The van der Waals surface area contributed by atoms with Crippen LogP contribution >= 0.6 is 0 Å². The number of hydrogen-bond donors (Lipinski definition) is 2. The highest BCUT2D eigenvalue weighted by molar-refractivity contribution is 5.63. The molecule has 0 rings (SSSR count). The van der Waals surface area contributed by atoms with Crippen LogP contribution in [0.2, 0.25) is 0 Å². The lowest BCUT2D eigenvalue weighted by Crippen LogP contribution is -3.02. The highest BCUT2D eigenvalue weighted by Crippen LogP contribution is 2.11. The molecule has 0 atom stereocenters. The fourth-order valence-corrected chi connectivity index (χ4v) is 2.89. The number of aliphatic carboxylic acids is 1. The summed E-state index contributed by atoms with van der Waals surface area (Å²) in [6, 6.07) is 0. The molecule has 0 aliphatic heterocycles. The van der Waals surface area contributed by atoms with E-state index in [1.54, 1.807) is 0 Å². The molecule has 2 N–H and O–H groups in total. The van der Waals surface area contributed by atoms with Gasteiger partial charge in [-0.15, -0.1) is 11.8 Å². The number of carbonyl (C=O) groups excluding carboxylic acids is 1. The number of carboxylic acid groups (broad SMARTS) is 1. The van der Waals surface area contributed by atoms with E-state index >= 15 is 0 Å². The minimum absolute atomic E-state index is 0. The number of nitrogens with one attached hydrogen (secondary N) is 2. The second kappa shape index (κ2) is 35.8. The predicted molar refractivity (Wildman–Crippen MR) is 139 cm³/mol. The van der Waals surface area contributed by atoms with E-state index in [2.05, 4.69) is 61.1 Å². The van der Waals surface area contributed by atoms with Crippen molar-refractivity contribution in [1.29, 1.82) is 0 Å². The van der Waals surface area contributed by atoms with Gasteiger partial charge in [0.05, 0.1) is 42.3 Å². The lowest BCUT2D eigenvalue weighted by molar-refractivity contribution is -0.836. The summed E-state index contributed by atoms with van der Waals surface area (Å²) in [6.07, 6.45) is 21.2. The van der Waals surface area contributed by atoms with Crippen molar-refractivity contribution in [3.05, 3.63) is 0 Å². The third-order valence-electron chi connectivity index (χ3n) is 4.46. The summed E-state index contributed by atoms with van der Waals surface area (Å²) >= 11 is 0. The van der Waals surface area contributed by atoms with Gasteiger partial charge in [0.1, 0.15) is 0 Å². The summed E-state index contributed by atoms with van der Waals surface area (Å²) < 4.78 is 0. The van der Waals surface area contributed by atoms with Gasteiger partial charge in [0.25, 0.3) is 0 Å². The molecule has 0 aromatic heterocycles. The Kier molecular flexibility index (Phi) is 42.8. The van der Waals surface area contributed by atoms with E-state index in [-0.39, 0.29) is 18.8 Å². The average Bonchev–Trinajstić information content (AvgIpc) is 2.68. The van der Waals surface area contributed by atoms with Gasteiger partial charge in [-0.3, -0.25) is 0 Å². The predicted octanol–water partition coefficient (Wildman–Crippen LogP) is 0.307. The Morgan fingerprint density at radius 3 is 1.15 bits per heavy atom. The summed E-state index contributed by atoms with van der Waals surface area (Å²) in [5.41, 5.74) is 0. The smallest absolute Gasteiger partial charge is 0.0661 e. The van der Waals surface area contributed by atoms with Crippen molar-refractivity contribution in [2.75, 3.05) is 42.3 Å². The summed E-state index contributed by atoms with van der Waals surface area (Å²) in [7, 11) is 12.5. The van der Waals surface area contributed by atoms with Crippen LogP contribution in [0.3, 0.4) is 0 Å². The van der Waals surface area contributed by atoms with Gasteiger partial charge in [0.2, 0.25) is 0 Å². The Hall–Kier alpha value is -0.760. The average molecular weight is 491 g/mol. The number of rotatable bonds is 17. The number of carbonyl (C=O) groups is 1. The van der Waals surface area contributed by atoms with Crippen LogP contribution in [-0.2, 0) is 4.79 Å². The van der Waals surface area contributed by atoms with Crippen LogP contribution in [0, 0.1) is 11.8 Å². The van der Waals surface area contributed by atoms with Crippen LogP contribution < -0.4 is 27.3 Å². The van der Waals surface area contributed by atoms with Crippen LogP contribution in [0.15, 0.2) is 0 Å². The number of carboxylic acids is 1. The van der Waals surface area contributed by atoms with Crippen LogP contribution in [0.1, 0.15) is 122 Å². The van der Waals surface area contributed by atoms with E-state index < -0.39 is 5.97 Å².